The second kappa shape index (κ2) is 9.90. The lowest BCUT2D eigenvalue weighted by Crippen LogP contribution is -2.35. The van der Waals surface area contributed by atoms with Crippen LogP contribution in [0.15, 0.2) is 47.5 Å². The minimum Gasteiger partial charge on any atom is -0.462 e. The molecular formula is C32H31F2N5O3. The molecule has 3 aliphatic rings. The minimum atomic E-state index is -0.911. The first kappa shape index (κ1) is 26.6. The minimum absolute atomic E-state index is 0.0544. The summed E-state index contributed by atoms with van der Waals surface area (Å²) in [5.74, 6) is -2.00. The lowest BCUT2D eigenvalue weighted by atomic mass is 9.96. The van der Waals surface area contributed by atoms with Crippen LogP contribution < -0.4 is 15.8 Å². The van der Waals surface area contributed by atoms with Crippen LogP contribution in [0, 0.1) is 17.6 Å². The van der Waals surface area contributed by atoms with Crippen LogP contribution in [0.4, 0.5) is 20.2 Å². The van der Waals surface area contributed by atoms with Crippen LogP contribution >= 0.6 is 0 Å². The molecule has 0 spiro atoms. The molecule has 4 aromatic rings. The number of likely N-dealkylation sites (tertiary alicyclic amines) is 1. The maximum atomic E-state index is 15.7. The molecule has 0 unspecified atom stereocenters. The number of ether oxygens (including phenoxy) is 1. The predicted octanol–water partition coefficient (Wildman–Crippen LogP) is 4.57. The van der Waals surface area contributed by atoms with Gasteiger partial charge in [0.25, 0.3) is 5.56 Å². The van der Waals surface area contributed by atoms with Crippen molar-refractivity contribution < 1.29 is 18.3 Å². The molecule has 2 atom stereocenters. The molecule has 0 radical (unpaired) electrons. The third-order valence-electron chi connectivity index (χ3n) is 8.99. The van der Waals surface area contributed by atoms with Crippen molar-refractivity contribution in [3.63, 3.8) is 0 Å². The molecule has 2 fully saturated rings. The average Bonchev–Trinajstić information content (AvgIpc) is 3.67. The van der Waals surface area contributed by atoms with Crippen LogP contribution in [0.2, 0.25) is 0 Å². The molecule has 216 valence electrons. The molecule has 5 heterocycles. The topological polar surface area (TPSA) is 79.2 Å². The lowest BCUT2D eigenvalue weighted by molar-refractivity contribution is 0.0524. The molecule has 2 aliphatic heterocycles. The Morgan fingerprint density at radius 1 is 1.17 bits per heavy atom. The Bertz CT molecular complexity index is 1840. The quantitative estimate of drug-likeness (QED) is 0.310. The molecule has 2 saturated heterocycles. The van der Waals surface area contributed by atoms with E-state index in [2.05, 4.69) is 22.2 Å². The molecule has 1 N–H and O–H groups in total. The highest BCUT2D eigenvalue weighted by molar-refractivity contribution is 5.97. The van der Waals surface area contributed by atoms with E-state index in [1.165, 1.54) is 16.5 Å². The molecule has 42 heavy (non-hydrogen) atoms. The molecule has 0 amide bonds. The fourth-order valence-electron chi connectivity index (χ4n) is 7.11. The van der Waals surface area contributed by atoms with Crippen LogP contribution in [0.3, 0.4) is 0 Å². The number of halogens is 2. The number of rotatable bonds is 5. The number of esters is 1. The van der Waals surface area contributed by atoms with E-state index in [0.717, 1.165) is 37.3 Å². The third-order valence-corrected chi connectivity index (χ3v) is 8.99. The first-order valence-electron chi connectivity index (χ1n) is 14.3. The van der Waals surface area contributed by atoms with Gasteiger partial charge in [-0.3, -0.25) is 14.2 Å². The van der Waals surface area contributed by atoms with E-state index in [0.29, 0.717) is 45.9 Å². The second-order valence-electron chi connectivity index (χ2n) is 11.4. The van der Waals surface area contributed by atoms with Gasteiger partial charge in [0, 0.05) is 91.1 Å². The maximum absolute atomic E-state index is 15.7. The fourth-order valence-corrected chi connectivity index (χ4v) is 7.11. The standard InChI is InChI=1S/C32H31F2N5O3/c1-4-42-32(41)20-8-7-19-6-5-17(15-39(19)31(20)40)22-13-36-25-11-21-24(35-2)12-23(33)29(34)27(21)28(25)30(22)38-10-9-18-14-37(3)16-26(18)38/h5-8,12-13,15,18,26,35H,4,9-11,14,16H2,1-3H3/t18-,26+/m0/s1. The van der Waals surface area contributed by atoms with E-state index < -0.39 is 23.2 Å². The van der Waals surface area contributed by atoms with Crippen LogP contribution in [-0.4, -0.2) is 66.6 Å². The highest BCUT2D eigenvalue weighted by Crippen LogP contribution is 2.52. The van der Waals surface area contributed by atoms with Gasteiger partial charge in [-0.05, 0) is 50.1 Å². The summed E-state index contributed by atoms with van der Waals surface area (Å²) in [6, 6.07) is 8.31. The number of hydrogen-bond donors (Lipinski definition) is 1. The number of nitrogens with zero attached hydrogens (tertiary/aromatic N) is 4. The Morgan fingerprint density at radius 3 is 2.76 bits per heavy atom. The van der Waals surface area contributed by atoms with E-state index in [1.54, 1.807) is 32.4 Å². The van der Waals surface area contributed by atoms with E-state index in [-0.39, 0.29) is 23.8 Å². The molecule has 3 aromatic heterocycles. The van der Waals surface area contributed by atoms with Crippen molar-refractivity contribution in [2.75, 3.05) is 50.6 Å². The Kier molecular flexibility index (Phi) is 6.27. The van der Waals surface area contributed by atoms with Gasteiger partial charge in [-0.1, -0.05) is 6.07 Å². The first-order chi connectivity index (χ1) is 20.3. The molecule has 0 bridgehead atoms. The Labute approximate surface area is 241 Å². The normalized spacial score (nSPS) is 19.2. The van der Waals surface area contributed by atoms with Gasteiger partial charge in [0.15, 0.2) is 11.6 Å². The number of pyridine rings is 3. The van der Waals surface area contributed by atoms with Crippen molar-refractivity contribution in [2.45, 2.75) is 25.8 Å². The Balaban J connectivity index is 1.48. The van der Waals surface area contributed by atoms with Crippen LogP contribution in [0.1, 0.15) is 35.0 Å². The number of likely N-dealkylation sites (N-methyl/N-ethyl adjacent to an activating group) is 1. The first-order valence-corrected chi connectivity index (χ1v) is 14.3. The van der Waals surface area contributed by atoms with Crippen molar-refractivity contribution in [1.29, 1.82) is 0 Å². The number of fused-ring (bicyclic) bond motifs is 5. The van der Waals surface area contributed by atoms with E-state index >= 15 is 4.39 Å². The van der Waals surface area contributed by atoms with E-state index in [4.69, 9.17) is 9.72 Å². The second-order valence-corrected chi connectivity index (χ2v) is 11.4. The highest BCUT2D eigenvalue weighted by Gasteiger charge is 2.43. The van der Waals surface area contributed by atoms with Gasteiger partial charge >= 0.3 is 5.97 Å². The van der Waals surface area contributed by atoms with Gasteiger partial charge in [-0.25, -0.2) is 13.6 Å². The summed E-state index contributed by atoms with van der Waals surface area (Å²) in [7, 11) is 3.81. The number of anilines is 2. The zero-order chi connectivity index (χ0) is 29.3. The van der Waals surface area contributed by atoms with Gasteiger partial charge in [0.05, 0.1) is 18.0 Å². The molecular weight excluding hydrogens is 540 g/mol. The number of benzene rings is 1. The van der Waals surface area contributed by atoms with Gasteiger partial charge in [0.1, 0.15) is 5.56 Å². The zero-order valence-electron chi connectivity index (χ0n) is 23.7. The summed E-state index contributed by atoms with van der Waals surface area (Å²) < 4.78 is 37.2. The molecule has 10 heteroatoms. The van der Waals surface area contributed by atoms with Crippen LogP contribution in [0.25, 0.3) is 27.8 Å². The molecule has 7 rings (SSSR count). The Hall–Kier alpha value is -4.31. The van der Waals surface area contributed by atoms with Crippen molar-refractivity contribution in [2.24, 2.45) is 5.92 Å². The van der Waals surface area contributed by atoms with Gasteiger partial charge in [0.2, 0.25) is 0 Å². The number of carbonyl (C=O) groups is 1. The van der Waals surface area contributed by atoms with Gasteiger partial charge in [-0.2, -0.15) is 0 Å². The number of carbonyl (C=O) groups excluding carboxylic acids is 1. The summed E-state index contributed by atoms with van der Waals surface area (Å²) in [4.78, 5) is 35.3. The Morgan fingerprint density at radius 2 is 1.98 bits per heavy atom. The van der Waals surface area contributed by atoms with Gasteiger partial charge < -0.3 is 19.9 Å². The van der Waals surface area contributed by atoms with Crippen molar-refractivity contribution in [3.8, 4) is 22.3 Å². The monoisotopic (exact) mass is 571 g/mol. The summed E-state index contributed by atoms with van der Waals surface area (Å²) >= 11 is 0. The SMILES string of the molecule is CCOC(=O)c1ccc2ccc(-c3cnc4c(c3N3CC[C@H]5CN(C)C[C@H]53)-c3c(F)c(F)cc(NC)c3C4)cn2c1=O. The smallest absolute Gasteiger partial charge is 0.343 e. The summed E-state index contributed by atoms with van der Waals surface area (Å²) in [5.41, 5.74) is 5.07. The molecule has 0 saturated carbocycles. The fraction of sp³-hybridized carbons (Fsp3) is 0.344. The van der Waals surface area contributed by atoms with E-state index in [1.807, 2.05) is 12.1 Å². The van der Waals surface area contributed by atoms with E-state index in [9.17, 15) is 14.0 Å². The number of aromatic nitrogens is 2. The largest absolute Gasteiger partial charge is 0.462 e. The number of nitrogens with one attached hydrogen (secondary N) is 1. The summed E-state index contributed by atoms with van der Waals surface area (Å²) in [6.07, 6.45) is 4.85. The van der Waals surface area contributed by atoms with Crippen molar-refractivity contribution >= 4 is 22.9 Å². The average molecular weight is 572 g/mol. The van der Waals surface area contributed by atoms with Crippen LogP contribution in [0.5, 0.6) is 0 Å². The van der Waals surface area contributed by atoms with Crippen molar-refractivity contribution in [1.82, 2.24) is 14.3 Å². The molecule has 8 nitrogen and oxygen atoms in total. The van der Waals surface area contributed by atoms with Gasteiger partial charge in [-0.15, -0.1) is 0 Å². The maximum Gasteiger partial charge on any atom is 0.343 e. The lowest BCUT2D eigenvalue weighted by Gasteiger charge is -2.31. The predicted molar refractivity (Wildman–Crippen MR) is 157 cm³/mol. The molecule has 1 aromatic carbocycles. The third kappa shape index (κ3) is 3.92. The number of hydrogen-bond acceptors (Lipinski definition) is 7. The summed E-state index contributed by atoms with van der Waals surface area (Å²) in [5, 5.41) is 3.03. The highest BCUT2D eigenvalue weighted by atomic mass is 19.2. The molecule has 1 aliphatic carbocycles. The zero-order valence-corrected chi connectivity index (χ0v) is 23.7. The summed E-state index contributed by atoms with van der Waals surface area (Å²) in [6.45, 7) is 4.47. The van der Waals surface area contributed by atoms with Crippen molar-refractivity contribution in [3.05, 3.63) is 81.5 Å². The van der Waals surface area contributed by atoms with Crippen LogP contribution in [-0.2, 0) is 11.2 Å².